The molecule has 1 aromatic carbocycles. The molecule has 1 aliphatic rings. The maximum atomic E-state index is 12.7. The van der Waals surface area contributed by atoms with E-state index in [1.165, 1.54) is 18.1 Å². The van der Waals surface area contributed by atoms with E-state index >= 15 is 0 Å². The Morgan fingerprint density at radius 1 is 1.42 bits per heavy atom. The van der Waals surface area contributed by atoms with Gasteiger partial charge in [0.05, 0.1) is 18.4 Å². The molecule has 1 aromatic rings. The molecular weight excluding hydrogens is 327 g/mol. The van der Waals surface area contributed by atoms with Gasteiger partial charge in [0.2, 0.25) is 5.91 Å². The molecule has 0 saturated carbocycles. The van der Waals surface area contributed by atoms with E-state index in [2.05, 4.69) is 15.9 Å². The molecule has 1 saturated heterocycles. The van der Waals surface area contributed by atoms with Gasteiger partial charge in [-0.3, -0.25) is 4.79 Å². The average molecular weight is 338 g/mol. The molecule has 104 valence electrons. The summed E-state index contributed by atoms with van der Waals surface area (Å²) in [6.45, 7) is 0.330. The van der Waals surface area contributed by atoms with Gasteiger partial charge in [0.25, 0.3) is 0 Å². The van der Waals surface area contributed by atoms with E-state index in [1.54, 1.807) is 0 Å². The van der Waals surface area contributed by atoms with E-state index in [0.717, 1.165) is 12.1 Å². The van der Waals surface area contributed by atoms with Gasteiger partial charge in [-0.1, -0.05) is 15.9 Å². The van der Waals surface area contributed by atoms with E-state index in [9.17, 15) is 18.0 Å². The summed E-state index contributed by atoms with van der Waals surface area (Å²) in [7, 11) is 1.36. The molecule has 3 nitrogen and oxygen atoms in total. The van der Waals surface area contributed by atoms with E-state index in [-0.39, 0.29) is 28.6 Å². The Morgan fingerprint density at radius 2 is 2.11 bits per heavy atom. The van der Waals surface area contributed by atoms with Gasteiger partial charge in [-0.25, -0.2) is 0 Å². The fourth-order valence-electron chi connectivity index (χ4n) is 1.97. The maximum absolute atomic E-state index is 12.7. The third-order valence-corrected chi connectivity index (χ3v) is 3.49. The van der Waals surface area contributed by atoms with Crippen molar-refractivity contribution < 1.29 is 22.7 Å². The van der Waals surface area contributed by atoms with Crippen LogP contribution in [0.4, 0.5) is 18.9 Å². The lowest BCUT2D eigenvalue weighted by Crippen LogP contribution is -2.25. The van der Waals surface area contributed by atoms with E-state index in [4.69, 9.17) is 4.74 Å². The van der Waals surface area contributed by atoms with Gasteiger partial charge in [-0.2, -0.15) is 13.2 Å². The average Bonchev–Trinajstić information content (AvgIpc) is 2.66. The quantitative estimate of drug-likeness (QED) is 0.775. The van der Waals surface area contributed by atoms with E-state index in [0.29, 0.717) is 6.54 Å². The number of methoxy groups -OCH3 is 1. The molecule has 0 spiro atoms. The van der Waals surface area contributed by atoms with Crippen LogP contribution in [0.25, 0.3) is 0 Å². The molecule has 1 unspecified atom stereocenters. The molecule has 19 heavy (non-hydrogen) atoms. The lowest BCUT2D eigenvalue weighted by atomic mass is 10.1. The summed E-state index contributed by atoms with van der Waals surface area (Å²) in [5, 5.41) is 0. The van der Waals surface area contributed by atoms with Gasteiger partial charge in [0.1, 0.15) is 5.75 Å². The summed E-state index contributed by atoms with van der Waals surface area (Å²) in [6, 6.07) is 3.11. The van der Waals surface area contributed by atoms with Crippen molar-refractivity contribution in [2.24, 2.45) is 0 Å². The topological polar surface area (TPSA) is 29.5 Å². The summed E-state index contributed by atoms with van der Waals surface area (Å²) >= 11 is 3.30. The second-order valence-corrected chi connectivity index (χ2v) is 5.49. The molecule has 2 rings (SSSR count). The van der Waals surface area contributed by atoms with Crippen molar-refractivity contribution in [3.8, 4) is 5.75 Å². The number of amides is 1. The Bertz CT molecular complexity index is 504. The highest BCUT2D eigenvalue weighted by Gasteiger charge is 2.35. The Kier molecular flexibility index (Phi) is 3.75. The number of benzene rings is 1. The number of rotatable bonds is 2. The lowest BCUT2D eigenvalue weighted by molar-refractivity contribution is -0.137. The molecule has 0 bridgehead atoms. The molecule has 0 aromatic heterocycles. The van der Waals surface area contributed by atoms with Crippen molar-refractivity contribution in [3.05, 3.63) is 23.8 Å². The number of hydrogen-bond acceptors (Lipinski definition) is 2. The highest BCUT2D eigenvalue weighted by Crippen LogP contribution is 2.38. The maximum Gasteiger partial charge on any atom is 0.416 e. The second-order valence-electron chi connectivity index (χ2n) is 4.19. The van der Waals surface area contributed by atoms with Gasteiger partial charge in [-0.05, 0) is 18.2 Å². The van der Waals surface area contributed by atoms with Gasteiger partial charge in [-0.15, -0.1) is 0 Å². The van der Waals surface area contributed by atoms with E-state index < -0.39 is 11.7 Å². The van der Waals surface area contributed by atoms with Crippen LogP contribution in [-0.4, -0.2) is 24.4 Å². The molecule has 0 aliphatic carbocycles. The lowest BCUT2D eigenvalue weighted by Gasteiger charge is -2.20. The number of alkyl halides is 4. The van der Waals surface area contributed by atoms with Crippen LogP contribution in [-0.2, 0) is 11.0 Å². The minimum atomic E-state index is -4.45. The summed E-state index contributed by atoms with van der Waals surface area (Å²) < 4.78 is 43.2. The van der Waals surface area contributed by atoms with Crippen molar-refractivity contribution in [2.75, 3.05) is 18.6 Å². The first-order chi connectivity index (χ1) is 8.82. The predicted octanol–water partition coefficient (Wildman–Crippen LogP) is 3.21. The summed E-state index contributed by atoms with van der Waals surface area (Å²) in [4.78, 5) is 13.0. The Balaban J connectivity index is 2.45. The predicted molar refractivity (Wildman–Crippen MR) is 67.7 cm³/mol. The minimum Gasteiger partial charge on any atom is -0.495 e. The molecule has 1 aliphatic heterocycles. The van der Waals surface area contributed by atoms with Gasteiger partial charge < -0.3 is 9.64 Å². The highest BCUT2D eigenvalue weighted by atomic mass is 79.9. The zero-order valence-electron chi connectivity index (χ0n) is 10.00. The molecule has 0 radical (unpaired) electrons. The third kappa shape index (κ3) is 2.86. The second kappa shape index (κ2) is 5.03. The fraction of sp³-hybridized carbons (Fsp3) is 0.417. The van der Waals surface area contributed by atoms with Crippen LogP contribution in [0.2, 0.25) is 0 Å². The third-order valence-electron chi connectivity index (χ3n) is 2.87. The highest BCUT2D eigenvalue weighted by molar-refractivity contribution is 9.09. The van der Waals surface area contributed by atoms with Crippen LogP contribution in [0.1, 0.15) is 12.0 Å². The number of hydrogen-bond donors (Lipinski definition) is 0. The fourth-order valence-corrected chi connectivity index (χ4v) is 2.54. The van der Waals surface area contributed by atoms with Gasteiger partial charge in [0.15, 0.2) is 0 Å². The first-order valence-corrected chi connectivity index (χ1v) is 6.44. The number of ether oxygens (including phenoxy) is 1. The van der Waals surface area contributed by atoms with Crippen LogP contribution in [0.5, 0.6) is 5.75 Å². The Hall–Kier alpha value is -1.24. The van der Waals surface area contributed by atoms with Crippen LogP contribution < -0.4 is 9.64 Å². The summed E-state index contributed by atoms with van der Waals surface area (Å²) in [6.07, 6.45) is -4.18. The number of anilines is 1. The first-order valence-electron chi connectivity index (χ1n) is 5.52. The van der Waals surface area contributed by atoms with Crippen molar-refractivity contribution in [1.82, 2.24) is 0 Å². The van der Waals surface area contributed by atoms with Crippen molar-refractivity contribution in [3.63, 3.8) is 0 Å². The zero-order valence-corrected chi connectivity index (χ0v) is 11.6. The minimum absolute atomic E-state index is 0.0563. The Labute approximate surface area is 116 Å². The normalized spacial score (nSPS) is 19.9. The van der Waals surface area contributed by atoms with Crippen molar-refractivity contribution in [1.29, 1.82) is 0 Å². The van der Waals surface area contributed by atoms with Gasteiger partial charge in [0, 0.05) is 17.8 Å². The molecule has 1 heterocycles. The van der Waals surface area contributed by atoms with Gasteiger partial charge >= 0.3 is 6.18 Å². The summed E-state index contributed by atoms with van der Waals surface area (Å²) in [5.41, 5.74) is -0.640. The molecule has 7 heteroatoms. The first kappa shape index (κ1) is 14.2. The Morgan fingerprint density at radius 3 is 2.58 bits per heavy atom. The van der Waals surface area contributed by atoms with Crippen molar-refractivity contribution >= 4 is 27.5 Å². The molecule has 1 amide bonds. The molecule has 1 fully saturated rings. The van der Waals surface area contributed by atoms with Crippen LogP contribution in [0.3, 0.4) is 0 Å². The van der Waals surface area contributed by atoms with Crippen LogP contribution in [0.15, 0.2) is 18.2 Å². The number of halogens is 4. The summed E-state index contributed by atoms with van der Waals surface area (Å²) in [5.74, 6) is 0.0300. The number of nitrogens with zero attached hydrogens (tertiary/aromatic N) is 1. The van der Waals surface area contributed by atoms with E-state index in [1.807, 2.05) is 0 Å². The SMILES string of the molecule is COc1ccc(C(F)(F)F)cc1N1CC(Br)CC1=O. The zero-order chi connectivity index (χ0) is 14.2. The molecule has 0 N–H and O–H groups in total. The van der Waals surface area contributed by atoms with Crippen molar-refractivity contribution in [2.45, 2.75) is 17.4 Å². The van der Waals surface area contributed by atoms with Crippen LogP contribution in [0, 0.1) is 0 Å². The number of carbonyl (C=O) groups is 1. The largest absolute Gasteiger partial charge is 0.495 e. The number of carbonyl (C=O) groups excluding carboxylic acids is 1. The standard InChI is InChI=1S/C12H11BrF3NO2/c1-19-10-3-2-7(12(14,15)16)4-9(10)17-6-8(13)5-11(17)18/h2-4,8H,5-6H2,1H3. The van der Waals surface area contributed by atoms with Crippen LogP contribution >= 0.6 is 15.9 Å². The smallest absolute Gasteiger partial charge is 0.416 e. The monoisotopic (exact) mass is 337 g/mol. The molecular formula is C12H11BrF3NO2. The molecule has 1 atom stereocenters.